The Balaban J connectivity index is 6.87. The van der Waals surface area contributed by atoms with Gasteiger partial charge in [0, 0.05) is 32.4 Å². The first kappa shape index (κ1) is 50.8. The summed E-state index contributed by atoms with van der Waals surface area (Å²) in [7, 11) is -3.76. The zero-order valence-corrected chi connectivity index (χ0v) is 26.8. The standard InChI is InChI=1S/C22H22F25NO4Si/c1-4-50-53(51-5-2,52-6-3)9-7-8-48-10(49)11(23,24)12(25,26)13(27,28)14(29,30)15(31,32)16(33,34)17(35,36)18(37,38)19(39,40)20(41,42)21(43,44)22(45,46)47/h4-9H2,1-3H3,(H,48,49). The molecule has 0 atom stereocenters. The number of hydrogen-bond donors (Lipinski definition) is 1. The fourth-order valence-electron chi connectivity index (χ4n) is 3.71. The van der Waals surface area contributed by atoms with Gasteiger partial charge in [0.2, 0.25) is 0 Å². The van der Waals surface area contributed by atoms with Crippen molar-refractivity contribution in [2.45, 2.75) is 105 Å². The van der Waals surface area contributed by atoms with Crippen molar-refractivity contribution in [2.75, 3.05) is 26.4 Å². The van der Waals surface area contributed by atoms with E-state index in [0.29, 0.717) is 5.32 Å². The Morgan fingerprint density at radius 2 is 0.679 bits per heavy atom. The second-order valence-electron chi connectivity index (χ2n) is 10.2. The first-order valence-corrected chi connectivity index (χ1v) is 15.4. The van der Waals surface area contributed by atoms with Gasteiger partial charge in [-0.3, -0.25) is 4.79 Å². The van der Waals surface area contributed by atoms with Crippen LogP contribution < -0.4 is 5.32 Å². The second kappa shape index (κ2) is 15.0. The monoisotopic (exact) mass is 867 g/mol. The Bertz CT molecular complexity index is 1240. The van der Waals surface area contributed by atoms with E-state index in [1.165, 1.54) is 20.8 Å². The van der Waals surface area contributed by atoms with Crippen LogP contribution in [-0.2, 0) is 18.1 Å². The zero-order valence-electron chi connectivity index (χ0n) is 25.8. The fraction of sp³-hybridized carbons (Fsp3) is 0.955. The van der Waals surface area contributed by atoms with Crippen LogP contribution in [-0.4, -0.2) is 112 Å². The second-order valence-corrected chi connectivity index (χ2v) is 12.9. The van der Waals surface area contributed by atoms with E-state index in [2.05, 4.69) is 0 Å². The summed E-state index contributed by atoms with van der Waals surface area (Å²) in [5.41, 5.74) is 0. The Labute approximate surface area is 279 Å². The van der Waals surface area contributed by atoms with Crippen LogP contribution in [0.5, 0.6) is 0 Å². The number of nitrogens with one attached hydrogen (secondary N) is 1. The minimum Gasteiger partial charge on any atom is -0.374 e. The van der Waals surface area contributed by atoms with Crippen molar-refractivity contribution in [1.29, 1.82) is 0 Å². The van der Waals surface area contributed by atoms with Crippen LogP contribution in [0.4, 0.5) is 110 Å². The maximum Gasteiger partial charge on any atom is 0.500 e. The predicted octanol–water partition coefficient (Wildman–Crippen LogP) is 9.09. The first-order chi connectivity index (χ1) is 23.1. The third kappa shape index (κ3) is 7.55. The molecule has 0 radical (unpaired) electrons. The number of halogens is 25. The summed E-state index contributed by atoms with van der Waals surface area (Å²) >= 11 is 0. The van der Waals surface area contributed by atoms with Crippen molar-refractivity contribution in [2.24, 2.45) is 0 Å². The molecule has 1 amide bonds. The number of carbonyl (C=O) groups excluding carboxylic acids is 1. The maximum absolute atomic E-state index is 14.2. The van der Waals surface area contributed by atoms with Crippen molar-refractivity contribution < 1.29 is 128 Å². The molecule has 0 bridgehead atoms. The van der Waals surface area contributed by atoms with Gasteiger partial charge in [-0.25, -0.2) is 0 Å². The van der Waals surface area contributed by atoms with Crippen molar-refractivity contribution in [3.8, 4) is 0 Å². The molecule has 0 heterocycles. The number of amides is 1. The average molecular weight is 867 g/mol. The summed E-state index contributed by atoms with van der Waals surface area (Å²) in [6, 6.07) is -0.530. The zero-order chi connectivity index (χ0) is 43.1. The van der Waals surface area contributed by atoms with E-state index in [4.69, 9.17) is 13.3 Å². The molecule has 0 aliphatic carbocycles. The van der Waals surface area contributed by atoms with Gasteiger partial charge in [-0.05, 0) is 27.2 Å². The van der Waals surface area contributed by atoms with Gasteiger partial charge in [-0.15, -0.1) is 0 Å². The normalized spacial score (nSPS) is 15.9. The molecule has 5 nitrogen and oxygen atoms in total. The topological polar surface area (TPSA) is 56.8 Å². The van der Waals surface area contributed by atoms with E-state index in [9.17, 15) is 115 Å². The van der Waals surface area contributed by atoms with Gasteiger partial charge >= 0.3 is 80.1 Å². The summed E-state index contributed by atoms with van der Waals surface area (Å²) in [5.74, 6) is -104. The van der Waals surface area contributed by atoms with Crippen molar-refractivity contribution in [1.82, 2.24) is 5.32 Å². The van der Waals surface area contributed by atoms with Crippen LogP contribution >= 0.6 is 0 Å². The minimum atomic E-state index is -9.69. The smallest absolute Gasteiger partial charge is 0.374 e. The third-order valence-corrected chi connectivity index (χ3v) is 9.77. The van der Waals surface area contributed by atoms with Crippen LogP contribution in [0, 0.1) is 0 Å². The lowest BCUT2D eigenvalue weighted by Gasteiger charge is -2.45. The number of alkyl halides is 25. The predicted molar refractivity (Wildman–Crippen MR) is 124 cm³/mol. The Morgan fingerprint density at radius 3 is 0.925 bits per heavy atom. The molecule has 31 heteroatoms. The van der Waals surface area contributed by atoms with E-state index in [-0.39, 0.29) is 19.8 Å². The SMILES string of the molecule is CCO[Si](CCCNC(=O)C(F)(F)C(F)(F)C(F)(F)C(F)(F)C(F)(F)C(F)(F)C(F)(F)C(F)(F)C(F)(F)C(F)(F)C(F)(F)C(F)(F)F)(OCC)OCC. The van der Waals surface area contributed by atoms with Crippen molar-refractivity contribution in [3.05, 3.63) is 0 Å². The largest absolute Gasteiger partial charge is 0.500 e. The number of hydrogen-bond acceptors (Lipinski definition) is 4. The average Bonchev–Trinajstić information content (AvgIpc) is 2.97. The molecular formula is C22H22F25NO4Si. The summed E-state index contributed by atoms with van der Waals surface area (Å²) in [4.78, 5) is 11.6. The van der Waals surface area contributed by atoms with Crippen LogP contribution in [0.3, 0.4) is 0 Å². The highest BCUT2D eigenvalue weighted by Crippen LogP contribution is 2.67. The van der Waals surface area contributed by atoms with E-state index < -0.39 is 105 Å². The van der Waals surface area contributed by atoms with Gasteiger partial charge in [-0.2, -0.15) is 110 Å². The summed E-state index contributed by atoms with van der Waals surface area (Å²) in [6.07, 6.45) is -8.98. The molecule has 0 aromatic heterocycles. The van der Waals surface area contributed by atoms with Gasteiger partial charge in [0.25, 0.3) is 5.91 Å². The lowest BCUT2D eigenvalue weighted by molar-refractivity contribution is -0.481. The van der Waals surface area contributed by atoms with Crippen molar-refractivity contribution >= 4 is 14.7 Å². The molecule has 0 aliphatic heterocycles. The summed E-state index contributed by atoms with van der Waals surface area (Å²) < 4.78 is 355. The highest BCUT2D eigenvalue weighted by Gasteiger charge is 2.99. The van der Waals surface area contributed by atoms with E-state index >= 15 is 0 Å². The van der Waals surface area contributed by atoms with Crippen LogP contribution in [0.25, 0.3) is 0 Å². The molecule has 1 N–H and O–H groups in total. The molecule has 0 saturated carbocycles. The lowest BCUT2D eigenvalue weighted by atomic mass is 9.84. The molecule has 0 aromatic rings. The van der Waals surface area contributed by atoms with Crippen LogP contribution in [0.2, 0.25) is 6.04 Å². The molecular weight excluding hydrogens is 845 g/mol. The van der Waals surface area contributed by atoms with Gasteiger partial charge in [0.05, 0.1) is 0 Å². The summed E-state index contributed by atoms with van der Waals surface area (Å²) in [5, 5.41) is 0.676. The molecule has 53 heavy (non-hydrogen) atoms. The molecule has 0 aromatic carbocycles. The molecule has 0 fully saturated rings. The fourth-order valence-corrected chi connectivity index (χ4v) is 6.33. The van der Waals surface area contributed by atoms with Gasteiger partial charge in [0.15, 0.2) is 0 Å². The van der Waals surface area contributed by atoms with E-state index in [1.807, 2.05) is 0 Å². The molecule has 0 unspecified atom stereocenters. The van der Waals surface area contributed by atoms with Gasteiger partial charge in [0.1, 0.15) is 0 Å². The molecule has 0 saturated heterocycles. The molecule has 0 aliphatic rings. The van der Waals surface area contributed by atoms with E-state index in [1.54, 1.807) is 0 Å². The quantitative estimate of drug-likeness (QED) is 0.0712. The minimum absolute atomic E-state index is 0.164. The Kier molecular flexibility index (Phi) is 14.4. The van der Waals surface area contributed by atoms with Gasteiger partial charge in [-0.1, -0.05) is 0 Å². The lowest BCUT2D eigenvalue weighted by Crippen LogP contribution is -2.78. The molecule has 318 valence electrons. The third-order valence-electron chi connectivity index (χ3n) is 6.62. The summed E-state index contributed by atoms with van der Waals surface area (Å²) in [6.45, 7) is 2.20. The molecule has 0 rings (SSSR count). The Hall–Kier alpha value is -2.18. The highest BCUT2D eigenvalue weighted by molar-refractivity contribution is 6.60. The number of rotatable bonds is 21. The maximum atomic E-state index is 14.2. The molecule has 0 spiro atoms. The number of carbonyl (C=O) groups is 1. The van der Waals surface area contributed by atoms with Crippen LogP contribution in [0.1, 0.15) is 27.2 Å². The first-order valence-electron chi connectivity index (χ1n) is 13.5. The van der Waals surface area contributed by atoms with E-state index in [0.717, 1.165) is 0 Å². The highest BCUT2D eigenvalue weighted by atomic mass is 28.4. The van der Waals surface area contributed by atoms with Crippen LogP contribution in [0.15, 0.2) is 0 Å². The Morgan fingerprint density at radius 1 is 0.434 bits per heavy atom. The van der Waals surface area contributed by atoms with Crippen molar-refractivity contribution in [3.63, 3.8) is 0 Å². The van der Waals surface area contributed by atoms with Gasteiger partial charge < -0.3 is 18.6 Å².